The molecule has 0 aliphatic heterocycles. The molecule has 0 aromatic carbocycles. The predicted molar refractivity (Wildman–Crippen MR) is 67.6 cm³/mol. The molecule has 4 nitrogen and oxygen atoms in total. The number of nitrogen functional groups attached to an aromatic ring is 1. The van der Waals surface area contributed by atoms with Crippen molar-refractivity contribution < 1.29 is 18.3 Å². The standard InChI is InChI=1S/C12H18F3N3O/c1-11(2,3-4-19)7-18-9-5-10(12(13,14)15)17-6-8(9)16/h5-6,19H,3-4,7,16H2,1-2H3,(H,17,18). The van der Waals surface area contributed by atoms with Crippen LogP contribution in [0.4, 0.5) is 24.5 Å². The molecule has 108 valence electrons. The maximum absolute atomic E-state index is 12.5. The number of alkyl halides is 3. The minimum atomic E-state index is -4.50. The first-order chi connectivity index (χ1) is 8.65. The zero-order chi connectivity index (χ0) is 14.7. The van der Waals surface area contributed by atoms with E-state index in [2.05, 4.69) is 10.3 Å². The lowest BCUT2D eigenvalue weighted by molar-refractivity contribution is -0.141. The van der Waals surface area contributed by atoms with Crippen LogP contribution in [-0.2, 0) is 6.18 Å². The molecule has 4 N–H and O–H groups in total. The van der Waals surface area contributed by atoms with Gasteiger partial charge in [0.15, 0.2) is 0 Å². The molecule has 19 heavy (non-hydrogen) atoms. The molecule has 1 heterocycles. The molecular weight excluding hydrogens is 259 g/mol. The second kappa shape index (κ2) is 5.64. The lowest BCUT2D eigenvalue weighted by Crippen LogP contribution is -2.25. The second-order valence-electron chi connectivity index (χ2n) is 5.15. The fourth-order valence-electron chi connectivity index (χ4n) is 1.50. The molecule has 1 aromatic heterocycles. The molecule has 0 atom stereocenters. The van der Waals surface area contributed by atoms with Crippen molar-refractivity contribution in [3.05, 3.63) is 18.0 Å². The fourth-order valence-corrected chi connectivity index (χ4v) is 1.50. The van der Waals surface area contributed by atoms with Crippen LogP contribution in [0.5, 0.6) is 0 Å². The third kappa shape index (κ3) is 4.59. The van der Waals surface area contributed by atoms with E-state index >= 15 is 0 Å². The first-order valence-corrected chi connectivity index (χ1v) is 5.83. The van der Waals surface area contributed by atoms with Crippen molar-refractivity contribution in [3.63, 3.8) is 0 Å². The summed E-state index contributed by atoms with van der Waals surface area (Å²) in [5.41, 5.74) is 4.73. The number of rotatable bonds is 5. The Hall–Kier alpha value is -1.50. The summed E-state index contributed by atoms with van der Waals surface area (Å²) in [5.74, 6) is 0. The van der Waals surface area contributed by atoms with E-state index in [0.717, 1.165) is 12.3 Å². The van der Waals surface area contributed by atoms with Gasteiger partial charge in [0.2, 0.25) is 0 Å². The summed E-state index contributed by atoms with van der Waals surface area (Å²) in [4.78, 5) is 3.26. The van der Waals surface area contributed by atoms with Crippen LogP contribution in [-0.4, -0.2) is 23.2 Å². The zero-order valence-electron chi connectivity index (χ0n) is 10.9. The largest absolute Gasteiger partial charge is 0.433 e. The number of pyridine rings is 1. The van der Waals surface area contributed by atoms with Gasteiger partial charge in [0, 0.05) is 13.2 Å². The Kier molecular flexibility index (Phi) is 4.62. The summed E-state index contributed by atoms with van der Waals surface area (Å²) in [7, 11) is 0. The van der Waals surface area contributed by atoms with Crippen molar-refractivity contribution in [2.45, 2.75) is 26.4 Å². The molecular formula is C12H18F3N3O. The van der Waals surface area contributed by atoms with Gasteiger partial charge in [0.1, 0.15) is 5.69 Å². The lowest BCUT2D eigenvalue weighted by Gasteiger charge is -2.25. The van der Waals surface area contributed by atoms with E-state index in [-0.39, 0.29) is 23.4 Å². The van der Waals surface area contributed by atoms with E-state index in [1.54, 1.807) is 0 Å². The molecule has 0 fully saturated rings. The number of hydrogen-bond acceptors (Lipinski definition) is 4. The molecule has 0 saturated heterocycles. The van der Waals surface area contributed by atoms with Crippen LogP contribution in [0.3, 0.4) is 0 Å². The Morgan fingerprint density at radius 2 is 2.00 bits per heavy atom. The minimum absolute atomic E-state index is 0.0221. The average Bonchev–Trinajstić information content (AvgIpc) is 2.26. The molecule has 1 rings (SSSR count). The van der Waals surface area contributed by atoms with Crippen molar-refractivity contribution in [1.82, 2.24) is 4.98 Å². The molecule has 0 saturated carbocycles. The number of anilines is 2. The highest BCUT2D eigenvalue weighted by Crippen LogP contribution is 2.31. The first-order valence-electron chi connectivity index (χ1n) is 5.83. The maximum Gasteiger partial charge on any atom is 0.433 e. The zero-order valence-corrected chi connectivity index (χ0v) is 10.9. The normalized spacial score (nSPS) is 12.5. The molecule has 0 aliphatic rings. The van der Waals surface area contributed by atoms with Gasteiger partial charge in [0.05, 0.1) is 17.6 Å². The number of aliphatic hydroxyl groups excluding tert-OH is 1. The Bertz CT molecular complexity index is 433. The highest BCUT2D eigenvalue weighted by atomic mass is 19.4. The van der Waals surface area contributed by atoms with Gasteiger partial charge < -0.3 is 16.2 Å². The topological polar surface area (TPSA) is 71.2 Å². The molecule has 0 radical (unpaired) electrons. The van der Waals surface area contributed by atoms with E-state index in [4.69, 9.17) is 10.8 Å². The fraction of sp³-hybridized carbons (Fsp3) is 0.583. The Balaban J connectivity index is 2.84. The quantitative estimate of drug-likeness (QED) is 0.773. The highest BCUT2D eigenvalue weighted by Gasteiger charge is 2.33. The smallest absolute Gasteiger partial charge is 0.396 e. The molecule has 0 unspecified atom stereocenters. The van der Waals surface area contributed by atoms with Crippen LogP contribution in [0.2, 0.25) is 0 Å². The van der Waals surface area contributed by atoms with Crippen molar-refractivity contribution >= 4 is 11.4 Å². The van der Waals surface area contributed by atoms with Crippen LogP contribution in [0.25, 0.3) is 0 Å². The number of halogens is 3. The van der Waals surface area contributed by atoms with Gasteiger partial charge >= 0.3 is 6.18 Å². The van der Waals surface area contributed by atoms with E-state index in [0.29, 0.717) is 13.0 Å². The number of hydrogen-bond donors (Lipinski definition) is 3. The summed E-state index contributed by atoms with van der Waals surface area (Å²) < 4.78 is 37.6. The van der Waals surface area contributed by atoms with Crippen molar-refractivity contribution in [2.75, 3.05) is 24.2 Å². The van der Waals surface area contributed by atoms with Gasteiger partial charge in [0.25, 0.3) is 0 Å². The number of nitrogens with one attached hydrogen (secondary N) is 1. The van der Waals surface area contributed by atoms with Crippen LogP contribution in [0, 0.1) is 5.41 Å². The molecule has 0 bridgehead atoms. The second-order valence-corrected chi connectivity index (χ2v) is 5.15. The summed E-state index contributed by atoms with van der Waals surface area (Å²) in [6, 6.07) is 0.893. The van der Waals surface area contributed by atoms with Gasteiger partial charge in [-0.15, -0.1) is 0 Å². The molecule has 1 aromatic rings. The van der Waals surface area contributed by atoms with Crippen LogP contribution in [0.15, 0.2) is 12.3 Å². The van der Waals surface area contributed by atoms with Crippen molar-refractivity contribution in [3.8, 4) is 0 Å². The monoisotopic (exact) mass is 277 g/mol. The highest BCUT2D eigenvalue weighted by molar-refractivity contribution is 5.65. The van der Waals surface area contributed by atoms with E-state index < -0.39 is 11.9 Å². The van der Waals surface area contributed by atoms with E-state index in [9.17, 15) is 13.2 Å². The Morgan fingerprint density at radius 1 is 1.37 bits per heavy atom. The summed E-state index contributed by atoms with van der Waals surface area (Å²) in [6.07, 6.45) is -2.97. The lowest BCUT2D eigenvalue weighted by atomic mass is 9.89. The van der Waals surface area contributed by atoms with Crippen LogP contribution >= 0.6 is 0 Å². The van der Waals surface area contributed by atoms with Crippen molar-refractivity contribution in [1.29, 1.82) is 0 Å². The summed E-state index contributed by atoms with van der Waals surface area (Å²) >= 11 is 0. The predicted octanol–water partition coefficient (Wildman–Crippen LogP) is 2.50. The minimum Gasteiger partial charge on any atom is -0.396 e. The Morgan fingerprint density at radius 3 is 2.53 bits per heavy atom. The number of nitrogens with two attached hydrogens (primary N) is 1. The number of nitrogens with zero attached hydrogens (tertiary/aromatic N) is 1. The first kappa shape index (κ1) is 15.6. The third-order valence-electron chi connectivity index (χ3n) is 2.77. The average molecular weight is 277 g/mol. The molecule has 0 aliphatic carbocycles. The van der Waals surface area contributed by atoms with Gasteiger partial charge in [-0.25, -0.2) is 4.98 Å². The molecule has 0 amide bonds. The van der Waals surface area contributed by atoms with Gasteiger partial charge in [-0.05, 0) is 17.9 Å². The maximum atomic E-state index is 12.5. The third-order valence-corrected chi connectivity index (χ3v) is 2.77. The Labute approximate surface area is 109 Å². The van der Waals surface area contributed by atoms with E-state index in [1.807, 2.05) is 13.8 Å². The summed E-state index contributed by atoms with van der Waals surface area (Å²) in [6.45, 7) is 4.23. The van der Waals surface area contributed by atoms with Crippen LogP contribution in [0.1, 0.15) is 26.0 Å². The molecule has 7 heteroatoms. The van der Waals surface area contributed by atoms with Gasteiger partial charge in [-0.2, -0.15) is 13.2 Å². The summed E-state index contributed by atoms with van der Waals surface area (Å²) in [5, 5.41) is 11.8. The molecule has 0 spiro atoms. The van der Waals surface area contributed by atoms with Gasteiger partial charge in [-0.3, -0.25) is 0 Å². The van der Waals surface area contributed by atoms with E-state index in [1.165, 1.54) is 0 Å². The SMILES string of the molecule is CC(C)(CCO)CNc1cc(C(F)(F)F)ncc1N. The van der Waals surface area contributed by atoms with Crippen molar-refractivity contribution in [2.24, 2.45) is 5.41 Å². The van der Waals surface area contributed by atoms with Crippen LogP contribution < -0.4 is 11.1 Å². The van der Waals surface area contributed by atoms with Gasteiger partial charge in [-0.1, -0.05) is 13.8 Å². The number of aliphatic hydroxyl groups is 1. The number of aromatic nitrogens is 1.